The molecule has 0 amide bonds. The molecule has 0 fully saturated rings. The number of fused-ring (bicyclic) bond motifs is 1. The van der Waals surface area contributed by atoms with Gasteiger partial charge in [-0.1, -0.05) is 18.2 Å². The van der Waals surface area contributed by atoms with Gasteiger partial charge in [0.1, 0.15) is 0 Å². The van der Waals surface area contributed by atoms with E-state index < -0.39 is 0 Å². The number of unbranched alkanes of at least 4 members (excludes halogenated alkanes) is 1. The summed E-state index contributed by atoms with van der Waals surface area (Å²) < 4.78 is 0. The Hall–Kier alpha value is -1.33. The number of rotatable bonds is 5. The monoisotopic (exact) mass is 228 g/mol. The highest BCUT2D eigenvalue weighted by Crippen LogP contribution is 2.22. The summed E-state index contributed by atoms with van der Waals surface area (Å²) in [4.78, 5) is 0. The molecule has 0 radical (unpaired) electrons. The maximum absolute atomic E-state index is 8.44. The van der Waals surface area contributed by atoms with Crippen LogP contribution in [0.3, 0.4) is 0 Å². The maximum Gasteiger partial charge on any atom is 0.0622 e. The Balaban J connectivity index is 1.83. The van der Waals surface area contributed by atoms with Crippen LogP contribution in [0.1, 0.15) is 42.4 Å². The fourth-order valence-electron chi connectivity index (χ4n) is 2.42. The van der Waals surface area contributed by atoms with Crippen molar-refractivity contribution in [1.82, 2.24) is 5.32 Å². The number of hydrogen-bond acceptors (Lipinski definition) is 2. The van der Waals surface area contributed by atoms with Gasteiger partial charge < -0.3 is 5.32 Å². The zero-order valence-corrected chi connectivity index (χ0v) is 10.3. The number of nitriles is 1. The zero-order valence-electron chi connectivity index (χ0n) is 10.3. The molecule has 0 heterocycles. The maximum atomic E-state index is 8.44. The molecule has 2 rings (SSSR count). The van der Waals surface area contributed by atoms with Gasteiger partial charge >= 0.3 is 0 Å². The Morgan fingerprint density at radius 2 is 2.00 bits per heavy atom. The van der Waals surface area contributed by atoms with Crippen LogP contribution >= 0.6 is 0 Å². The first-order valence-corrected chi connectivity index (χ1v) is 6.58. The van der Waals surface area contributed by atoms with E-state index in [9.17, 15) is 0 Å². The zero-order chi connectivity index (χ0) is 11.9. The Morgan fingerprint density at radius 1 is 1.18 bits per heavy atom. The van der Waals surface area contributed by atoms with Crippen molar-refractivity contribution in [2.24, 2.45) is 0 Å². The van der Waals surface area contributed by atoms with E-state index in [1.807, 2.05) is 0 Å². The van der Waals surface area contributed by atoms with Gasteiger partial charge in [-0.2, -0.15) is 5.26 Å². The summed E-state index contributed by atoms with van der Waals surface area (Å²) in [6.45, 7) is 1.86. The molecule has 1 aromatic rings. The summed E-state index contributed by atoms with van der Waals surface area (Å²) in [5.41, 5.74) is 4.47. The van der Waals surface area contributed by atoms with E-state index in [1.165, 1.54) is 31.2 Å². The molecule has 1 aliphatic rings. The third kappa shape index (κ3) is 3.57. The molecule has 1 aromatic carbocycles. The summed E-state index contributed by atoms with van der Waals surface area (Å²) in [6, 6.07) is 9.05. The van der Waals surface area contributed by atoms with Gasteiger partial charge in [-0.3, -0.25) is 0 Å². The molecule has 0 unspecified atom stereocenters. The van der Waals surface area contributed by atoms with Gasteiger partial charge in [-0.15, -0.1) is 0 Å². The molecule has 0 spiro atoms. The second-order valence-corrected chi connectivity index (χ2v) is 4.75. The average molecular weight is 228 g/mol. The van der Waals surface area contributed by atoms with Crippen LogP contribution in [0.4, 0.5) is 0 Å². The Kier molecular flexibility index (Phi) is 4.58. The van der Waals surface area contributed by atoms with Crippen LogP contribution in [-0.4, -0.2) is 6.54 Å². The molecule has 2 nitrogen and oxygen atoms in total. The molecule has 0 bridgehead atoms. The first-order chi connectivity index (χ1) is 8.40. The molecule has 0 aliphatic heterocycles. The van der Waals surface area contributed by atoms with Crippen molar-refractivity contribution in [2.75, 3.05) is 6.54 Å². The van der Waals surface area contributed by atoms with Crippen molar-refractivity contribution in [3.05, 3.63) is 34.9 Å². The summed E-state index contributed by atoms with van der Waals surface area (Å²) in [7, 11) is 0. The highest BCUT2D eigenvalue weighted by atomic mass is 14.8. The predicted molar refractivity (Wildman–Crippen MR) is 69.6 cm³/mol. The van der Waals surface area contributed by atoms with Gasteiger partial charge in [0, 0.05) is 13.0 Å². The number of nitrogens with one attached hydrogen (secondary N) is 1. The molecule has 0 aromatic heterocycles. The third-order valence-corrected chi connectivity index (χ3v) is 3.38. The predicted octanol–water partition coefficient (Wildman–Crippen LogP) is 2.96. The van der Waals surface area contributed by atoms with E-state index in [1.54, 1.807) is 11.1 Å². The molecule has 2 heteroatoms. The van der Waals surface area contributed by atoms with E-state index in [-0.39, 0.29) is 0 Å². The first-order valence-electron chi connectivity index (χ1n) is 6.58. The molecule has 17 heavy (non-hydrogen) atoms. The lowest BCUT2D eigenvalue weighted by atomic mass is 9.90. The van der Waals surface area contributed by atoms with Crippen molar-refractivity contribution in [2.45, 2.75) is 45.1 Å². The van der Waals surface area contributed by atoms with Crippen LogP contribution in [0.2, 0.25) is 0 Å². The van der Waals surface area contributed by atoms with Gasteiger partial charge in [0.05, 0.1) is 6.07 Å². The molecule has 0 saturated heterocycles. The van der Waals surface area contributed by atoms with E-state index >= 15 is 0 Å². The van der Waals surface area contributed by atoms with E-state index in [0.717, 1.165) is 19.5 Å². The topological polar surface area (TPSA) is 35.8 Å². The van der Waals surface area contributed by atoms with Crippen LogP contribution in [-0.2, 0) is 19.4 Å². The van der Waals surface area contributed by atoms with E-state index in [2.05, 4.69) is 29.6 Å². The summed E-state index contributed by atoms with van der Waals surface area (Å²) in [5.74, 6) is 0. The first kappa shape index (κ1) is 12.1. The van der Waals surface area contributed by atoms with Crippen molar-refractivity contribution >= 4 is 0 Å². The van der Waals surface area contributed by atoms with Crippen LogP contribution in [0.25, 0.3) is 0 Å². The number of hydrogen-bond donors (Lipinski definition) is 1. The molecule has 0 atom stereocenters. The van der Waals surface area contributed by atoms with Crippen molar-refractivity contribution in [1.29, 1.82) is 5.26 Å². The Morgan fingerprint density at radius 3 is 2.82 bits per heavy atom. The molecular formula is C15H20N2. The molecule has 1 N–H and O–H groups in total. The number of aryl methyl sites for hydroxylation is 2. The lowest BCUT2D eigenvalue weighted by molar-refractivity contribution is 0.652. The minimum atomic E-state index is 0.650. The van der Waals surface area contributed by atoms with E-state index in [0.29, 0.717) is 6.42 Å². The van der Waals surface area contributed by atoms with E-state index in [4.69, 9.17) is 5.26 Å². The Labute approximate surface area is 104 Å². The average Bonchev–Trinajstić information content (AvgIpc) is 2.38. The van der Waals surface area contributed by atoms with Crippen LogP contribution in [0.5, 0.6) is 0 Å². The highest BCUT2D eigenvalue weighted by Gasteiger charge is 2.08. The van der Waals surface area contributed by atoms with Crippen molar-refractivity contribution in [3.8, 4) is 6.07 Å². The summed E-state index contributed by atoms with van der Waals surface area (Å²) >= 11 is 0. The Bertz CT molecular complexity index is 404. The van der Waals surface area contributed by atoms with Crippen LogP contribution < -0.4 is 5.32 Å². The van der Waals surface area contributed by atoms with Gasteiger partial charge in [0.15, 0.2) is 0 Å². The van der Waals surface area contributed by atoms with Gasteiger partial charge in [0.25, 0.3) is 0 Å². The summed E-state index contributed by atoms with van der Waals surface area (Å²) in [6.07, 6.45) is 6.78. The van der Waals surface area contributed by atoms with Gasteiger partial charge in [0.2, 0.25) is 0 Å². The van der Waals surface area contributed by atoms with Gasteiger partial charge in [-0.25, -0.2) is 0 Å². The molecular weight excluding hydrogens is 208 g/mol. The second kappa shape index (κ2) is 6.42. The van der Waals surface area contributed by atoms with Crippen LogP contribution in [0.15, 0.2) is 18.2 Å². The number of nitrogens with zero attached hydrogens (tertiary/aromatic N) is 1. The van der Waals surface area contributed by atoms with Gasteiger partial charge in [-0.05, 0) is 55.3 Å². The lowest BCUT2D eigenvalue weighted by Crippen LogP contribution is -2.15. The molecule has 90 valence electrons. The molecule has 0 saturated carbocycles. The third-order valence-electron chi connectivity index (χ3n) is 3.38. The highest BCUT2D eigenvalue weighted by molar-refractivity contribution is 5.33. The standard InChI is InChI=1S/C15H20N2/c16-9-3-4-10-17-12-13-7-8-14-5-1-2-6-15(14)11-13/h7-8,11,17H,1-6,10,12H2. The minimum Gasteiger partial charge on any atom is -0.313 e. The normalized spacial score (nSPS) is 14.1. The minimum absolute atomic E-state index is 0.650. The SMILES string of the molecule is N#CCCCNCc1ccc2c(c1)CCCC2. The van der Waals surface area contributed by atoms with Crippen LogP contribution in [0, 0.1) is 11.3 Å². The largest absolute Gasteiger partial charge is 0.313 e. The fourth-order valence-corrected chi connectivity index (χ4v) is 2.42. The number of benzene rings is 1. The van der Waals surface area contributed by atoms with Crippen molar-refractivity contribution in [3.63, 3.8) is 0 Å². The lowest BCUT2D eigenvalue weighted by Gasteiger charge is -2.16. The quantitative estimate of drug-likeness (QED) is 0.786. The molecule has 1 aliphatic carbocycles. The second-order valence-electron chi connectivity index (χ2n) is 4.75. The summed E-state index contributed by atoms with van der Waals surface area (Å²) in [5, 5.41) is 11.8. The fraction of sp³-hybridized carbons (Fsp3) is 0.533. The van der Waals surface area contributed by atoms with Crippen molar-refractivity contribution < 1.29 is 0 Å². The smallest absolute Gasteiger partial charge is 0.0622 e.